The molecular weight excluding hydrogens is 296 g/mol. The van der Waals surface area contributed by atoms with Crippen molar-refractivity contribution in [2.75, 3.05) is 25.7 Å². The third kappa shape index (κ3) is 2.99. The summed E-state index contributed by atoms with van der Waals surface area (Å²) < 4.78 is 12.5. The molecule has 0 bridgehead atoms. The van der Waals surface area contributed by atoms with Gasteiger partial charge in [0.25, 0.3) is 0 Å². The van der Waals surface area contributed by atoms with Gasteiger partial charge in [0, 0.05) is 19.5 Å². The normalized spacial score (nSPS) is 13.6. The Kier molecular flexibility index (Phi) is 4.45. The number of hydrogen-bond acceptors (Lipinski definition) is 5. The fourth-order valence-electron chi connectivity index (χ4n) is 2.87. The Labute approximate surface area is 134 Å². The number of benzene rings is 1. The van der Waals surface area contributed by atoms with Crippen LogP contribution >= 0.6 is 0 Å². The second kappa shape index (κ2) is 6.68. The molecule has 0 N–H and O–H groups in total. The maximum atomic E-state index is 12.6. The predicted molar refractivity (Wildman–Crippen MR) is 84.9 cm³/mol. The number of nitrogens with zero attached hydrogens (tertiary/aromatic N) is 4. The van der Waals surface area contributed by atoms with Crippen LogP contribution in [0.15, 0.2) is 24.5 Å². The van der Waals surface area contributed by atoms with Crippen LogP contribution in [-0.4, -0.2) is 41.4 Å². The number of methoxy groups -OCH3 is 2. The third-order valence-electron chi connectivity index (χ3n) is 3.98. The van der Waals surface area contributed by atoms with E-state index >= 15 is 0 Å². The highest BCUT2D eigenvalue weighted by molar-refractivity contribution is 5.92. The van der Waals surface area contributed by atoms with Crippen LogP contribution in [-0.2, 0) is 17.8 Å². The number of para-hydroxylation sites is 1. The highest BCUT2D eigenvalue weighted by Crippen LogP contribution is 2.31. The molecule has 3 rings (SSSR count). The molecule has 0 saturated heterocycles. The second-order valence-corrected chi connectivity index (χ2v) is 5.33. The van der Waals surface area contributed by atoms with Gasteiger partial charge in [-0.25, -0.2) is 4.68 Å². The van der Waals surface area contributed by atoms with Gasteiger partial charge < -0.3 is 9.47 Å². The fourth-order valence-corrected chi connectivity index (χ4v) is 2.87. The highest BCUT2D eigenvalue weighted by Gasteiger charge is 2.24. The topological polar surface area (TPSA) is 69.5 Å². The molecule has 0 atom stereocenters. The standard InChI is InChI=1S/C16H20N4O3/c1-22-13-6-3-5-12(15(13)23-2)7-8-14(21)19-9-4-10-20-16(19)17-11-18-20/h3,5-6,11H,4,7-10H2,1-2H3. The molecule has 1 aliphatic rings. The molecule has 2 heterocycles. The van der Waals surface area contributed by atoms with Crippen molar-refractivity contribution in [2.45, 2.75) is 25.8 Å². The molecule has 1 aromatic heterocycles. The van der Waals surface area contributed by atoms with E-state index < -0.39 is 0 Å². The fraction of sp³-hybridized carbons (Fsp3) is 0.438. The van der Waals surface area contributed by atoms with E-state index in [9.17, 15) is 4.79 Å². The summed E-state index contributed by atoms with van der Waals surface area (Å²) in [5.41, 5.74) is 0.957. The smallest absolute Gasteiger partial charge is 0.230 e. The summed E-state index contributed by atoms with van der Waals surface area (Å²) in [6.45, 7) is 1.50. The van der Waals surface area contributed by atoms with Crippen LogP contribution < -0.4 is 14.4 Å². The number of rotatable bonds is 5. The number of aromatic nitrogens is 3. The van der Waals surface area contributed by atoms with Gasteiger partial charge in [-0.2, -0.15) is 10.1 Å². The monoisotopic (exact) mass is 316 g/mol. The van der Waals surface area contributed by atoms with E-state index in [0.717, 1.165) is 18.5 Å². The highest BCUT2D eigenvalue weighted by atomic mass is 16.5. The number of carbonyl (C=O) groups is 1. The Hall–Kier alpha value is -2.57. The summed E-state index contributed by atoms with van der Waals surface area (Å²) in [5, 5.41) is 4.13. The van der Waals surface area contributed by atoms with E-state index in [1.165, 1.54) is 6.33 Å². The van der Waals surface area contributed by atoms with E-state index in [1.54, 1.807) is 23.8 Å². The van der Waals surface area contributed by atoms with Gasteiger partial charge in [-0.3, -0.25) is 9.69 Å². The van der Waals surface area contributed by atoms with Crippen LogP contribution in [0.4, 0.5) is 5.95 Å². The Morgan fingerprint density at radius 2 is 2.13 bits per heavy atom. The molecule has 1 aliphatic heterocycles. The van der Waals surface area contributed by atoms with E-state index in [0.29, 0.717) is 36.8 Å². The van der Waals surface area contributed by atoms with E-state index in [2.05, 4.69) is 10.1 Å². The Morgan fingerprint density at radius 1 is 1.26 bits per heavy atom. The molecule has 0 spiro atoms. The summed E-state index contributed by atoms with van der Waals surface area (Å²) in [4.78, 5) is 18.5. The molecule has 1 aromatic carbocycles. The van der Waals surface area contributed by atoms with Crippen molar-refractivity contribution in [3.63, 3.8) is 0 Å². The average molecular weight is 316 g/mol. The number of hydrogen-bond donors (Lipinski definition) is 0. The molecule has 23 heavy (non-hydrogen) atoms. The summed E-state index contributed by atoms with van der Waals surface area (Å²) in [6.07, 6.45) is 3.36. The maximum absolute atomic E-state index is 12.6. The number of ether oxygens (including phenoxy) is 2. The van der Waals surface area contributed by atoms with Gasteiger partial charge >= 0.3 is 0 Å². The van der Waals surface area contributed by atoms with Gasteiger partial charge in [0.05, 0.1) is 14.2 Å². The Morgan fingerprint density at radius 3 is 2.91 bits per heavy atom. The van der Waals surface area contributed by atoms with Gasteiger partial charge in [0.15, 0.2) is 11.5 Å². The lowest BCUT2D eigenvalue weighted by molar-refractivity contribution is -0.118. The number of carbonyl (C=O) groups excluding carboxylic acids is 1. The molecule has 0 fully saturated rings. The third-order valence-corrected chi connectivity index (χ3v) is 3.98. The van der Waals surface area contributed by atoms with Crippen molar-refractivity contribution in [2.24, 2.45) is 0 Å². The molecule has 7 heteroatoms. The molecule has 0 unspecified atom stereocenters. The van der Waals surface area contributed by atoms with Crippen molar-refractivity contribution in [3.05, 3.63) is 30.1 Å². The zero-order valence-corrected chi connectivity index (χ0v) is 13.4. The second-order valence-electron chi connectivity index (χ2n) is 5.33. The molecule has 122 valence electrons. The molecular formula is C16H20N4O3. The molecule has 0 saturated carbocycles. The number of anilines is 1. The van der Waals surface area contributed by atoms with Crippen molar-refractivity contribution >= 4 is 11.9 Å². The van der Waals surface area contributed by atoms with E-state index in [4.69, 9.17) is 9.47 Å². The minimum atomic E-state index is 0.0452. The summed E-state index contributed by atoms with van der Waals surface area (Å²) in [7, 11) is 3.21. The van der Waals surface area contributed by atoms with Crippen molar-refractivity contribution in [3.8, 4) is 11.5 Å². The zero-order valence-electron chi connectivity index (χ0n) is 13.4. The number of aryl methyl sites for hydroxylation is 2. The van der Waals surface area contributed by atoms with Crippen LogP contribution in [0.1, 0.15) is 18.4 Å². The van der Waals surface area contributed by atoms with Crippen LogP contribution in [0.2, 0.25) is 0 Å². The predicted octanol–water partition coefficient (Wildman–Crippen LogP) is 1.66. The van der Waals surface area contributed by atoms with Crippen molar-refractivity contribution < 1.29 is 14.3 Å². The minimum Gasteiger partial charge on any atom is -0.493 e. The lowest BCUT2D eigenvalue weighted by Gasteiger charge is -2.26. The molecule has 0 aliphatic carbocycles. The number of amides is 1. The van der Waals surface area contributed by atoms with Gasteiger partial charge in [0.2, 0.25) is 11.9 Å². The average Bonchev–Trinajstić information content (AvgIpc) is 3.07. The SMILES string of the molecule is COc1cccc(CCC(=O)N2CCCn3ncnc32)c1OC. The maximum Gasteiger partial charge on any atom is 0.230 e. The first-order chi connectivity index (χ1) is 11.2. The lowest BCUT2D eigenvalue weighted by atomic mass is 10.1. The zero-order chi connectivity index (χ0) is 16.2. The van der Waals surface area contributed by atoms with Crippen molar-refractivity contribution in [1.29, 1.82) is 0 Å². The first-order valence-corrected chi connectivity index (χ1v) is 7.62. The molecule has 0 radical (unpaired) electrons. The van der Waals surface area contributed by atoms with Gasteiger partial charge in [-0.05, 0) is 24.5 Å². The first-order valence-electron chi connectivity index (χ1n) is 7.62. The molecule has 7 nitrogen and oxygen atoms in total. The van der Waals surface area contributed by atoms with Gasteiger partial charge in [0.1, 0.15) is 6.33 Å². The summed E-state index contributed by atoms with van der Waals surface area (Å²) in [6, 6.07) is 5.70. The largest absolute Gasteiger partial charge is 0.493 e. The number of fused-ring (bicyclic) bond motifs is 1. The van der Waals surface area contributed by atoms with E-state index in [1.807, 2.05) is 18.2 Å². The lowest BCUT2D eigenvalue weighted by Crippen LogP contribution is -2.38. The summed E-state index contributed by atoms with van der Waals surface area (Å²) >= 11 is 0. The van der Waals surface area contributed by atoms with Gasteiger partial charge in [-0.1, -0.05) is 12.1 Å². The van der Waals surface area contributed by atoms with Gasteiger partial charge in [-0.15, -0.1) is 0 Å². The van der Waals surface area contributed by atoms with E-state index in [-0.39, 0.29) is 5.91 Å². The molecule has 1 amide bonds. The van der Waals surface area contributed by atoms with Crippen molar-refractivity contribution in [1.82, 2.24) is 14.8 Å². The van der Waals surface area contributed by atoms with Crippen LogP contribution in [0.25, 0.3) is 0 Å². The minimum absolute atomic E-state index is 0.0452. The van der Waals surface area contributed by atoms with Crippen LogP contribution in [0.3, 0.4) is 0 Å². The summed E-state index contributed by atoms with van der Waals surface area (Å²) in [5.74, 6) is 2.04. The Bertz CT molecular complexity index is 698. The Balaban J connectivity index is 1.71. The van der Waals surface area contributed by atoms with Crippen LogP contribution in [0, 0.1) is 0 Å². The van der Waals surface area contributed by atoms with Crippen LogP contribution in [0.5, 0.6) is 11.5 Å². The first kappa shape index (κ1) is 15.3. The quantitative estimate of drug-likeness (QED) is 0.839. The molecule has 2 aromatic rings.